The second-order valence-corrected chi connectivity index (χ2v) is 11.1. The third-order valence-electron chi connectivity index (χ3n) is 7.47. The zero-order valence-electron chi connectivity index (χ0n) is 22.2. The number of nitrogens with zero attached hydrogens (tertiary/aromatic N) is 4. The lowest BCUT2D eigenvalue weighted by Crippen LogP contribution is -2.29. The van der Waals surface area contributed by atoms with Gasteiger partial charge in [0.1, 0.15) is 23.2 Å². The Morgan fingerprint density at radius 2 is 1.29 bits per heavy atom. The fraction of sp³-hybridized carbons (Fsp3) is 0.156. The molecule has 0 saturated heterocycles. The number of anilines is 3. The van der Waals surface area contributed by atoms with Gasteiger partial charge >= 0.3 is 0 Å². The summed E-state index contributed by atoms with van der Waals surface area (Å²) in [5.74, 6) is 3.73. The van der Waals surface area contributed by atoms with Crippen LogP contribution in [0.3, 0.4) is 0 Å². The van der Waals surface area contributed by atoms with Gasteiger partial charge in [0.05, 0.1) is 6.54 Å². The molecule has 5 aromatic rings. The molecule has 4 heterocycles. The highest BCUT2D eigenvalue weighted by Gasteiger charge is 2.25. The van der Waals surface area contributed by atoms with Crippen LogP contribution in [-0.2, 0) is 32.7 Å². The number of halogens is 1. The molecule has 0 fully saturated rings. The van der Waals surface area contributed by atoms with Crippen LogP contribution in [0.4, 0.5) is 17.6 Å². The Bertz CT molecular complexity index is 1610. The van der Waals surface area contributed by atoms with Gasteiger partial charge in [-0.1, -0.05) is 60.1 Å². The summed E-state index contributed by atoms with van der Waals surface area (Å²) >= 11 is 11.6. The molecule has 0 spiro atoms. The molecule has 204 valence electrons. The largest absolute Gasteiger partial charge is 0.459 e. The van der Waals surface area contributed by atoms with E-state index in [1.165, 1.54) is 22.3 Å². The summed E-state index contributed by atoms with van der Waals surface area (Å²) in [6, 6.07) is 30.6. The van der Waals surface area contributed by atoms with Crippen LogP contribution in [0.5, 0.6) is 0 Å². The van der Waals surface area contributed by atoms with Gasteiger partial charge in [0.2, 0.25) is 5.95 Å². The van der Waals surface area contributed by atoms with Crippen LogP contribution in [0.15, 0.2) is 95.4 Å². The lowest BCUT2D eigenvalue weighted by molar-refractivity contribution is 0.516. The third-order valence-corrected chi connectivity index (χ3v) is 7.97. The molecule has 7 nitrogen and oxygen atoms in total. The minimum atomic E-state index is 0.423. The molecule has 2 aliphatic rings. The van der Waals surface area contributed by atoms with Crippen molar-refractivity contribution < 1.29 is 4.42 Å². The topological polar surface area (TPSA) is 69.5 Å². The van der Waals surface area contributed by atoms with E-state index in [9.17, 15) is 0 Å². The van der Waals surface area contributed by atoms with Crippen molar-refractivity contribution in [3.05, 3.63) is 124 Å². The molecule has 0 bridgehead atoms. The van der Waals surface area contributed by atoms with Crippen LogP contribution in [0.1, 0.15) is 28.0 Å². The Balaban J connectivity index is 1.08. The van der Waals surface area contributed by atoms with Crippen LogP contribution < -0.4 is 20.4 Å². The fourth-order valence-corrected chi connectivity index (χ4v) is 5.64. The number of hydrogen-bond acceptors (Lipinski definition) is 6. The SMILES string of the molecule is S=C(NCc1ccc(-c2ccc(Cl)cc2)o1)Nc1nc(N2Cc3ccccc3C2)cc(N2Cc3ccccc3C2)n1. The van der Waals surface area contributed by atoms with Gasteiger partial charge in [-0.3, -0.25) is 0 Å². The second kappa shape index (κ2) is 10.9. The van der Waals surface area contributed by atoms with Crippen LogP contribution in [0.2, 0.25) is 5.02 Å². The summed E-state index contributed by atoms with van der Waals surface area (Å²) in [6.07, 6.45) is 0. The molecule has 2 N–H and O–H groups in total. The summed E-state index contributed by atoms with van der Waals surface area (Å²) in [4.78, 5) is 14.3. The maximum Gasteiger partial charge on any atom is 0.232 e. The monoisotopic (exact) mass is 578 g/mol. The van der Waals surface area contributed by atoms with Crippen molar-refractivity contribution in [2.45, 2.75) is 32.7 Å². The smallest absolute Gasteiger partial charge is 0.232 e. The van der Waals surface area contributed by atoms with E-state index >= 15 is 0 Å². The second-order valence-electron chi connectivity index (χ2n) is 10.2. The van der Waals surface area contributed by atoms with E-state index in [1.807, 2.05) is 36.4 Å². The molecule has 7 rings (SSSR count). The first-order chi connectivity index (χ1) is 20.1. The maximum absolute atomic E-state index is 6.01. The predicted octanol–water partition coefficient (Wildman–Crippen LogP) is 6.92. The molecule has 41 heavy (non-hydrogen) atoms. The summed E-state index contributed by atoms with van der Waals surface area (Å²) in [7, 11) is 0. The van der Waals surface area contributed by atoms with Gasteiger partial charge in [-0.15, -0.1) is 0 Å². The van der Waals surface area contributed by atoms with E-state index in [2.05, 4.69) is 75.0 Å². The molecule has 3 aromatic carbocycles. The van der Waals surface area contributed by atoms with Gasteiger partial charge < -0.3 is 24.9 Å². The lowest BCUT2D eigenvalue weighted by atomic mass is 10.1. The van der Waals surface area contributed by atoms with Crippen LogP contribution in [0, 0.1) is 0 Å². The van der Waals surface area contributed by atoms with E-state index in [-0.39, 0.29) is 0 Å². The van der Waals surface area contributed by atoms with Crippen molar-refractivity contribution in [3.8, 4) is 11.3 Å². The van der Waals surface area contributed by atoms with Gasteiger partial charge in [0, 0.05) is 42.8 Å². The number of aromatic nitrogens is 2. The summed E-state index contributed by atoms with van der Waals surface area (Å²) in [6.45, 7) is 3.66. The first-order valence-corrected chi connectivity index (χ1v) is 14.3. The Labute approximate surface area is 248 Å². The standard InChI is InChI=1S/C32H27ClN6OS/c33-26-11-9-21(10-12-26)28-14-13-27(40-28)16-34-32(41)37-31-35-29(38-17-22-5-1-2-6-23(22)18-38)15-30(36-31)39-19-24-7-3-4-8-25(24)20-39/h1-15H,16-20H2,(H2,34,35,36,37,41). The number of rotatable bonds is 6. The van der Waals surface area contributed by atoms with Gasteiger partial charge in [-0.2, -0.15) is 9.97 Å². The Kier molecular flexibility index (Phi) is 6.78. The maximum atomic E-state index is 6.01. The zero-order chi connectivity index (χ0) is 27.8. The molecule has 0 atom stereocenters. The Morgan fingerprint density at radius 1 is 0.756 bits per heavy atom. The van der Waals surface area contributed by atoms with Crippen LogP contribution in [0.25, 0.3) is 11.3 Å². The van der Waals surface area contributed by atoms with E-state index in [4.69, 9.17) is 38.2 Å². The molecule has 0 saturated carbocycles. The Hall–Kier alpha value is -4.40. The fourth-order valence-electron chi connectivity index (χ4n) is 5.35. The first kappa shape index (κ1) is 25.6. The minimum Gasteiger partial charge on any atom is -0.459 e. The number of furan rings is 1. The molecular formula is C32H27ClN6OS. The van der Waals surface area contributed by atoms with Crippen molar-refractivity contribution in [3.63, 3.8) is 0 Å². The molecule has 0 aliphatic carbocycles. The first-order valence-electron chi connectivity index (χ1n) is 13.5. The van der Waals surface area contributed by atoms with Crippen molar-refractivity contribution in [2.75, 3.05) is 15.1 Å². The number of fused-ring (bicyclic) bond motifs is 2. The van der Waals surface area contributed by atoms with E-state index in [0.717, 1.165) is 54.9 Å². The van der Waals surface area contributed by atoms with Crippen molar-refractivity contribution >= 4 is 46.5 Å². The molecule has 0 radical (unpaired) electrons. The number of benzene rings is 3. The molecular weight excluding hydrogens is 552 g/mol. The predicted molar refractivity (Wildman–Crippen MR) is 167 cm³/mol. The van der Waals surface area contributed by atoms with Gasteiger partial charge in [0.25, 0.3) is 0 Å². The quantitative estimate of drug-likeness (QED) is 0.211. The van der Waals surface area contributed by atoms with Gasteiger partial charge in [0.15, 0.2) is 5.11 Å². The van der Waals surface area contributed by atoms with Crippen LogP contribution >= 0.6 is 23.8 Å². The van der Waals surface area contributed by atoms with Gasteiger partial charge in [-0.25, -0.2) is 0 Å². The summed E-state index contributed by atoms with van der Waals surface area (Å²) in [5.41, 5.74) is 6.26. The van der Waals surface area contributed by atoms with Crippen molar-refractivity contribution in [1.82, 2.24) is 15.3 Å². The molecule has 2 aliphatic heterocycles. The van der Waals surface area contributed by atoms with Crippen LogP contribution in [-0.4, -0.2) is 15.1 Å². The van der Waals surface area contributed by atoms with E-state index in [1.54, 1.807) is 0 Å². The number of nitrogens with one attached hydrogen (secondary N) is 2. The highest BCUT2D eigenvalue weighted by atomic mass is 35.5. The summed E-state index contributed by atoms with van der Waals surface area (Å²) < 4.78 is 6.01. The molecule has 0 unspecified atom stereocenters. The highest BCUT2D eigenvalue weighted by Crippen LogP contribution is 2.33. The van der Waals surface area contributed by atoms with Gasteiger partial charge in [-0.05, 0) is 70.9 Å². The third kappa shape index (κ3) is 5.49. The van der Waals surface area contributed by atoms with E-state index < -0.39 is 0 Å². The van der Waals surface area contributed by atoms with E-state index in [0.29, 0.717) is 22.6 Å². The highest BCUT2D eigenvalue weighted by molar-refractivity contribution is 7.80. The zero-order valence-corrected chi connectivity index (χ0v) is 23.8. The van der Waals surface area contributed by atoms with Crippen molar-refractivity contribution in [1.29, 1.82) is 0 Å². The minimum absolute atomic E-state index is 0.423. The lowest BCUT2D eigenvalue weighted by Gasteiger charge is -2.22. The average Bonchev–Trinajstić information content (AvgIpc) is 3.74. The molecule has 2 aromatic heterocycles. The number of hydrogen-bond donors (Lipinski definition) is 2. The number of thiocarbonyl (C=S) groups is 1. The van der Waals surface area contributed by atoms with Crippen molar-refractivity contribution in [2.24, 2.45) is 0 Å². The Morgan fingerprint density at radius 3 is 1.83 bits per heavy atom. The average molecular weight is 579 g/mol. The summed E-state index contributed by atoms with van der Waals surface area (Å²) in [5, 5.41) is 7.56. The molecule has 9 heteroatoms. The molecule has 0 amide bonds. The normalized spacial score (nSPS) is 13.7.